The van der Waals surface area contributed by atoms with Crippen LogP contribution in [0.4, 0.5) is 0 Å². The Hall–Kier alpha value is -1.32. The molecule has 4 nitrogen and oxygen atoms in total. The zero-order chi connectivity index (χ0) is 10.8. The molecule has 4 heteroatoms. The first kappa shape index (κ1) is 10.2. The lowest BCUT2D eigenvalue weighted by Crippen LogP contribution is -2.26. The van der Waals surface area contributed by atoms with Crippen molar-refractivity contribution in [2.75, 3.05) is 0 Å². The van der Waals surface area contributed by atoms with Crippen LogP contribution in [0.1, 0.15) is 38.3 Å². The van der Waals surface area contributed by atoms with Crippen LogP contribution < -0.4 is 5.32 Å². The predicted molar refractivity (Wildman–Crippen MR) is 57.5 cm³/mol. The lowest BCUT2D eigenvalue weighted by Gasteiger charge is -2.07. The molecule has 1 aliphatic rings. The average molecular weight is 207 g/mol. The first-order chi connectivity index (χ1) is 7.15. The third kappa shape index (κ3) is 2.37. The topological polar surface area (TPSA) is 46.9 Å². The Kier molecular flexibility index (Phi) is 2.75. The molecule has 0 aliphatic carbocycles. The molecule has 1 atom stereocenters. The minimum Gasteiger partial charge on any atom is -0.353 e. The van der Waals surface area contributed by atoms with Gasteiger partial charge in [-0.2, -0.15) is 5.10 Å². The molecule has 1 fully saturated rings. The van der Waals surface area contributed by atoms with E-state index < -0.39 is 0 Å². The second kappa shape index (κ2) is 4.04. The fraction of sp³-hybridized carbons (Fsp3) is 0.636. The highest BCUT2D eigenvalue weighted by molar-refractivity contribution is 5.78. The Labute approximate surface area is 89.7 Å². The predicted octanol–water partition coefficient (Wildman–Crippen LogP) is 1.29. The average Bonchev–Trinajstić information content (AvgIpc) is 2.76. The van der Waals surface area contributed by atoms with E-state index in [9.17, 15) is 4.79 Å². The highest BCUT2D eigenvalue weighted by Gasteiger charge is 2.21. The van der Waals surface area contributed by atoms with Crippen molar-refractivity contribution in [3.05, 3.63) is 18.0 Å². The summed E-state index contributed by atoms with van der Waals surface area (Å²) in [4.78, 5) is 11.0. The number of carbonyl (C=O) groups excluding carboxylic acids is 1. The molecule has 1 saturated heterocycles. The first-order valence-electron chi connectivity index (χ1n) is 5.47. The Morgan fingerprint density at radius 2 is 2.47 bits per heavy atom. The van der Waals surface area contributed by atoms with Gasteiger partial charge in [-0.3, -0.25) is 9.48 Å². The Morgan fingerprint density at radius 1 is 1.67 bits per heavy atom. The monoisotopic (exact) mass is 207 g/mol. The first-order valence-corrected chi connectivity index (χ1v) is 5.47. The van der Waals surface area contributed by atoms with Gasteiger partial charge >= 0.3 is 0 Å². The highest BCUT2D eigenvalue weighted by atomic mass is 16.1. The molecule has 0 spiro atoms. The van der Waals surface area contributed by atoms with Crippen LogP contribution in [-0.2, 0) is 11.2 Å². The van der Waals surface area contributed by atoms with Gasteiger partial charge < -0.3 is 5.32 Å². The van der Waals surface area contributed by atoms with Crippen molar-refractivity contribution in [3.8, 4) is 0 Å². The van der Waals surface area contributed by atoms with E-state index in [1.807, 2.05) is 10.9 Å². The van der Waals surface area contributed by atoms with Gasteiger partial charge in [0.25, 0.3) is 0 Å². The van der Waals surface area contributed by atoms with Crippen LogP contribution in [-0.4, -0.2) is 21.7 Å². The number of hydrogen-bond acceptors (Lipinski definition) is 2. The number of amides is 1. The van der Waals surface area contributed by atoms with Crippen LogP contribution in [0, 0.1) is 0 Å². The van der Waals surface area contributed by atoms with Gasteiger partial charge in [0.15, 0.2) is 0 Å². The van der Waals surface area contributed by atoms with E-state index in [0.29, 0.717) is 18.5 Å². The second-order valence-electron chi connectivity index (χ2n) is 4.43. The summed E-state index contributed by atoms with van der Waals surface area (Å²) < 4.78 is 1.95. The Bertz CT molecular complexity index is 356. The molecule has 1 aromatic rings. The van der Waals surface area contributed by atoms with Gasteiger partial charge in [0, 0.05) is 24.7 Å². The van der Waals surface area contributed by atoms with E-state index in [-0.39, 0.29) is 5.91 Å². The van der Waals surface area contributed by atoms with Crippen LogP contribution in [0.2, 0.25) is 0 Å². The Morgan fingerprint density at radius 3 is 3.00 bits per heavy atom. The number of hydrogen-bond donors (Lipinski definition) is 1. The van der Waals surface area contributed by atoms with Crippen molar-refractivity contribution in [1.29, 1.82) is 0 Å². The largest absolute Gasteiger partial charge is 0.353 e. The standard InChI is InChI=1S/C11H17N3O/c1-8(2)14-7-9(6-12-14)5-10-3-4-11(15)13-10/h6-8,10H,3-5H2,1-2H3,(H,13,15)/t10-/m0/s1. The zero-order valence-corrected chi connectivity index (χ0v) is 9.23. The van der Waals surface area contributed by atoms with Crippen LogP contribution in [0.15, 0.2) is 12.4 Å². The van der Waals surface area contributed by atoms with Gasteiger partial charge in [0.2, 0.25) is 5.91 Å². The Balaban J connectivity index is 1.96. The minimum absolute atomic E-state index is 0.177. The van der Waals surface area contributed by atoms with E-state index in [1.165, 1.54) is 5.56 Å². The van der Waals surface area contributed by atoms with Gasteiger partial charge in [-0.25, -0.2) is 0 Å². The summed E-state index contributed by atoms with van der Waals surface area (Å²) in [6.45, 7) is 4.21. The summed E-state index contributed by atoms with van der Waals surface area (Å²) in [6.07, 6.45) is 6.48. The number of aromatic nitrogens is 2. The lowest BCUT2D eigenvalue weighted by atomic mass is 10.1. The maximum absolute atomic E-state index is 11.0. The molecule has 0 bridgehead atoms. The normalized spacial score (nSPS) is 21.0. The fourth-order valence-corrected chi connectivity index (χ4v) is 1.88. The van der Waals surface area contributed by atoms with Crippen molar-refractivity contribution in [2.24, 2.45) is 0 Å². The summed E-state index contributed by atoms with van der Waals surface area (Å²) in [7, 11) is 0. The van der Waals surface area contributed by atoms with Crippen molar-refractivity contribution in [3.63, 3.8) is 0 Å². The van der Waals surface area contributed by atoms with Crippen LogP contribution in [0.25, 0.3) is 0 Å². The molecule has 0 unspecified atom stereocenters. The molecule has 1 aromatic heterocycles. The number of rotatable bonds is 3. The summed E-state index contributed by atoms with van der Waals surface area (Å²) in [5, 5.41) is 7.25. The van der Waals surface area contributed by atoms with Gasteiger partial charge in [0.05, 0.1) is 6.20 Å². The fourth-order valence-electron chi connectivity index (χ4n) is 1.88. The molecular formula is C11H17N3O. The van der Waals surface area contributed by atoms with Crippen LogP contribution in [0.5, 0.6) is 0 Å². The van der Waals surface area contributed by atoms with Gasteiger partial charge in [-0.15, -0.1) is 0 Å². The van der Waals surface area contributed by atoms with Crippen molar-refractivity contribution in [2.45, 2.75) is 45.2 Å². The van der Waals surface area contributed by atoms with Crippen LogP contribution >= 0.6 is 0 Å². The van der Waals surface area contributed by atoms with Crippen LogP contribution in [0.3, 0.4) is 0 Å². The molecule has 15 heavy (non-hydrogen) atoms. The summed E-state index contributed by atoms with van der Waals surface area (Å²) >= 11 is 0. The summed E-state index contributed by atoms with van der Waals surface area (Å²) in [5.74, 6) is 0.177. The quantitative estimate of drug-likeness (QED) is 0.811. The van der Waals surface area contributed by atoms with Crippen molar-refractivity contribution in [1.82, 2.24) is 15.1 Å². The SMILES string of the molecule is CC(C)n1cc(C[C@@H]2CCC(=O)N2)cn1. The molecule has 82 valence electrons. The molecule has 0 aromatic carbocycles. The van der Waals surface area contributed by atoms with Crippen molar-refractivity contribution >= 4 is 5.91 Å². The minimum atomic E-state index is 0.177. The number of nitrogens with one attached hydrogen (secondary N) is 1. The zero-order valence-electron chi connectivity index (χ0n) is 9.23. The molecule has 1 amide bonds. The lowest BCUT2D eigenvalue weighted by molar-refractivity contribution is -0.119. The molecule has 1 aliphatic heterocycles. The number of carbonyl (C=O) groups is 1. The van der Waals surface area contributed by atoms with Gasteiger partial charge in [0.1, 0.15) is 0 Å². The molecule has 0 radical (unpaired) electrons. The van der Waals surface area contributed by atoms with Gasteiger partial charge in [-0.1, -0.05) is 0 Å². The van der Waals surface area contributed by atoms with E-state index in [1.54, 1.807) is 0 Å². The third-order valence-electron chi connectivity index (χ3n) is 2.75. The molecular weight excluding hydrogens is 190 g/mol. The maximum Gasteiger partial charge on any atom is 0.220 e. The third-order valence-corrected chi connectivity index (χ3v) is 2.75. The van der Waals surface area contributed by atoms with Gasteiger partial charge in [-0.05, 0) is 32.3 Å². The smallest absolute Gasteiger partial charge is 0.220 e. The second-order valence-corrected chi connectivity index (χ2v) is 4.43. The molecule has 1 N–H and O–H groups in total. The van der Waals surface area contributed by atoms with E-state index >= 15 is 0 Å². The van der Waals surface area contributed by atoms with E-state index in [0.717, 1.165) is 12.8 Å². The molecule has 2 rings (SSSR count). The maximum atomic E-state index is 11.0. The van der Waals surface area contributed by atoms with E-state index in [2.05, 4.69) is 30.5 Å². The molecule has 0 saturated carbocycles. The summed E-state index contributed by atoms with van der Waals surface area (Å²) in [6, 6.07) is 0.708. The van der Waals surface area contributed by atoms with Crippen molar-refractivity contribution < 1.29 is 4.79 Å². The highest BCUT2D eigenvalue weighted by Crippen LogP contribution is 2.13. The summed E-state index contributed by atoms with van der Waals surface area (Å²) in [5.41, 5.74) is 1.20. The number of nitrogens with zero attached hydrogens (tertiary/aromatic N) is 2. The van der Waals surface area contributed by atoms with E-state index in [4.69, 9.17) is 0 Å². The molecule has 2 heterocycles.